The molecule has 358 valence electrons. The molecule has 0 aliphatic heterocycles. The summed E-state index contributed by atoms with van der Waals surface area (Å²) in [6.07, 6.45) is 0. The smallest absolute Gasteiger partial charge is 0.135 e. The van der Waals surface area contributed by atoms with E-state index in [1.165, 1.54) is 76.8 Å². The number of anilines is 6. The number of furan rings is 2. The molecule has 2 aliphatic rings. The molecule has 0 radical (unpaired) electrons. The first-order valence-corrected chi connectivity index (χ1v) is 26.5. The van der Waals surface area contributed by atoms with E-state index >= 15 is 0 Å². The van der Waals surface area contributed by atoms with E-state index in [1.54, 1.807) is 0 Å². The predicted molar refractivity (Wildman–Crippen MR) is 319 cm³/mol. The Hall–Kier alpha value is -10.2. The number of para-hydroxylation sites is 4. The van der Waals surface area contributed by atoms with Crippen molar-refractivity contribution in [1.82, 2.24) is 0 Å². The molecule has 17 rings (SSSR count). The first-order chi connectivity index (χ1) is 38.2. The highest BCUT2D eigenvalue weighted by atomic mass is 16.3. The molecule has 0 N–H and O–H groups in total. The summed E-state index contributed by atoms with van der Waals surface area (Å²) in [6, 6.07) is 97.9. The fourth-order valence-electron chi connectivity index (χ4n) is 13.6. The van der Waals surface area contributed by atoms with Crippen molar-refractivity contribution in [1.29, 1.82) is 0 Å². The van der Waals surface area contributed by atoms with Gasteiger partial charge >= 0.3 is 0 Å². The van der Waals surface area contributed by atoms with Crippen LogP contribution < -0.4 is 9.80 Å². The monoisotopic (exact) mass is 980 g/mol. The normalized spacial score (nSPS) is 13.0. The van der Waals surface area contributed by atoms with Crippen molar-refractivity contribution in [2.24, 2.45) is 0 Å². The quantitative estimate of drug-likeness (QED) is 0.155. The van der Waals surface area contributed by atoms with Crippen LogP contribution in [0.1, 0.15) is 22.3 Å². The molecule has 1 spiro atoms. The summed E-state index contributed by atoms with van der Waals surface area (Å²) in [5.74, 6) is 0. The number of nitrogens with zero attached hydrogens (tertiary/aromatic N) is 2. The highest BCUT2D eigenvalue weighted by Gasteiger charge is 2.53. The number of hydrogen-bond acceptors (Lipinski definition) is 4. The van der Waals surface area contributed by atoms with Gasteiger partial charge in [0.25, 0.3) is 0 Å². The molecule has 0 saturated heterocycles. The van der Waals surface area contributed by atoms with E-state index in [4.69, 9.17) is 8.83 Å². The maximum absolute atomic E-state index is 6.35. The summed E-state index contributed by atoms with van der Waals surface area (Å²) < 4.78 is 12.7. The molecule has 2 aliphatic carbocycles. The van der Waals surface area contributed by atoms with Gasteiger partial charge < -0.3 is 18.6 Å². The summed E-state index contributed by atoms with van der Waals surface area (Å²) in [6.45, 7) is 0. The Morgan fingerprint density at radius 3 is 1.30 bits per heavy atom. The molecule has 2 heterocycles. The van der Waals surface area contributed by atoms with Gasteiger partial charge in [-0.3, -0.25) is 0 Å². The molecule has 13 aromatic carbocycles. The van der Waals surface area contributed by atoms with Crippen molar-refractivity contribution >= 4 is 110 Å². The Kier molecular flexibility index (Phi) is 8.73. The molecular weight excluding hydrogens is 937 g/mol. The lowest BCUT2D eigenvalue weighted by molar-refractivity contribution is 0.668. The molecule has 15 aromatic rings. The molecule has 0 amide bonds. The first-order valence-electron chi connectivity index (χ1n) is 26.5. The van der Waals surface area contributed by atoms with E-state index in [-0.39, 0.29) is 0 Å². The number of benzene rings is 13. The molecule has 0 fully saturated rings. The lowest BCUT2D eigenvalue weighted by Gasteiger charge is -2.32. The molecule has 0 bridgehead atoms. The fraction of sp³-hybridized carbons (Fsp3) is 0.0137. The lowest BCUT2D eigenvalue weighted by Crippen LogP contribution is -2.26. The maximum Gasteiger partial charge on any atom is 0.135 e. The zero-order valence-electron chi connectivity index (χ0n) is 41.6. The molecule has 77 heavy (non-hydrogen) atoms. The third kappa shape index (κ3) is 5.92. The van der Waals surface area contributed by atoms with Crippen LogP contribution in [0.3, 0.4) is 0 Å². The zero-order chi connectivity index (χ0) is 50.3. The van der Waals surface area contributed by atoms with Crippen molar-refractivity contribution < 1.29 is 8.83 Å². The lowest BCUT2D eigenvalue weighted by atomic mass is 9.69. The standard InChI is InChI=1S/C73H44N2O2/c1-3-17-47(18-4-1)74(51-34-37-69-61(43-51)56-24-11-15-29-67(56)76-69)49-32-31-45-40-63-66(41-46(45)39-49)73(64-27-13-9-22-54(64)55-23-10-14-28-65(55)73)72-59-36-33-50(42-60(59)53-21-7-8-26-58(53)71(63)72)75(48-19-5-2-6-20-48)52-35-38-70-62(44-52)57-25-12-16-30-68(57)77-70/h1-44H. The van der Waals surface area contributed by atoms with Crippen LogP contribution in [0.5, 0.6) is 0 Å². The van der Waals surface area contributed by atoms with Crippen LogP contribution in [0.4, 0.5) is 34.1 Å². The van der Waals surface area contributed by atoms with Crippen molar-refractivity contribution in [2.45, 2.75) is 5.41 Å². The van der Waals surface area contributed by atoms with Gasteiger partial charge in [0.15, 0.2) is 0 Å². The third-order valence-electron chi connectivity index (χ3n) is 16.8. The second-order valence-corrected chi connectivity index (χ2v) is 20.7. The summed E-state index contributed by atoms with van der Waals surface area (Å²) in [4.78, 5) is 4.77. The average Bonchev–Trinajstić information content (AvgIpc) is 3.75. The zero-order valence-corrected chi connectivity index (χ0v) is 41.6. The summed E-state index contributed by atoms with van der Waals surface area (Å²) in [5, 5.41) is 11.7. The van der Waals surface area contributed by atoms with E-state index in [1.807, 2.05) is 24.3 Å². The molecule has 0 unspecified atom stereocenters. The van der Waals surface area contributed by atoms with Crippen LogP contribution in [0, 0.1) is 0 Å². The van der Waals surface area contributed by atoms with E-state index in [0.717, 1.165) is 78.0 Å². The SMILES string of the molecule is c1ccc(N(c2ccc3cc4c(cc3c2)C2(c3ccccc3-c3ccccc32)c2c-4c3ccccc3c3cc(N(c4ccccc4)c4ccc5oc6ccccc6c5c4)ccc23)c2ccc3oc4ccccc4c3c2)cc1. The van der Waals surface area contributed by atoms with Gasteiger partial charge in [-0.25, -0.2) is 0 Å². The van der Waals surface area contributed by atoms with Gasteiger partial charge in [-0.15, -0.1) is 0 Å². The van der Waals surface area contributed by atoms with Gasteiger partial charge in [-0.1, -0.05) is 158 Å². The maximum atomic E-state index is 6.35. The fourth-order valence-corrected chi connectivity index (χ4v) is 13.6. The molecule has 0 saturated carbocycles. The van der Waals surface area contributed by atoms with E-state index < -0.39 is 5.41 Å². The van der Waals surface area contributed by atoms with E-state index in [0.29, 0.717) is 0 Å². The second-order valence-electron chi connectivity index (χ2n) is 20.7. The molecule has 2 aromatic heterocycles. The van der Waals surface area contributed by atoms with Gasteiger partial charge in [0.05, 0.1) is 5.41 Å². The predicted octanol–water partition coefficient (Wildman–Crippen LogP) is 20.2. The Labute approximate surface area is 443 Å². The van der Waals surface area contributed by atoms with Crippen molar-refractivity contribution in [2.75, 3.05) is 9.80 Å². The summed E-state index contributed by atoms with van der Waals surface area (Å²) >= 11 is 0. The number of rotatable bonds is 6. The molecular formula is C73H44N2O2. The van der Waals surface area contributed by atoms with Crippen LogP contribution in [0.25, 0.3) is 98.4 Å². The van der Waals surface area contributed by atoms with Crippen molar-refractivity contribution in [3.05, 3.63) is 289 Å². The molecule has 4 nitrogen and oxygen atoms in total. The van der Waals surface area contributed by atoms with Crippen LogP contribution in [0.2, 0.25) is 0 Å². The van der Waals surface area contributed by atoms with Crippen molar-refractivity contribution in [3.63, 3.8) is 0 Å². The van der Waals surface area contributed by atoms with Crippen LogP contribution in [-0.2, 0) is 5.41 Å². The van der Waals surface area contributed by atoms with Crippen LogP contribution in [-0.4, -0.2) is 0 Å². The minimum absolute atomic E-state index is 0.620. The highest BCUT2D eigenvalue weighted by Crippen LogP contribution is 2.66. The number of hydrogen-bond donors (Lipinski definition) is 0. The van der Waals surface area contributed by atoms with Gasteiger partial charge in [-0.2, -0.15) is 0 Å². The second kappa shape index (κ2) is 15.9. The molecule has 4 heteroatoms. The van der Waals surface area contributed by atoms with Crippen molar-refractivity contribution in [3.8, 4) is 22.3 Å². The topological polar surface area (TPSA) is 32.8 Å². The van der Waals surface area contributed by atoms with E-state index in [9.17, 15) is 0 Å². The number of fused-ring (bicyclic) bond motifs is 22. The third-order valence-corrected chi connectivity index (χ3v) is 16.8. The van der Waals surface area contributed by atoms with Gasteiger partial charge in [-0.05, 0) is 186 Å². The van der Waals surface area contributed by atoms with Gasteiger partial charge in [0.1, 0.15) is 22.3 Å². The average molecular weight is 981 g/mol. The van der Waals surface area contributed by atoms with Crippen LogP contribution >= 0.6 is 0 Å². The Morgan fingerprint density at radius 2 is 0.701 bits per heavy atom. The van der Waals surface area contributed by atoms with Crippen LogP contribution in [0.15, 0.2) is 276 Å². The Morgan fingerprint density at radius 1 is 0.247 bits per heavy atom. The largest absolute Gasteiger partial charge is 0.456 e. The minimum Gasteiger partial charge on any atom is -0.456 e. The highest BCUT2D eigenvalue weighted by molar-refractivity contribution is 6.21. The first kappa shape index (κ1) is 42.2. The minimum atomic E-state index is -0.620. The Balaban J connectivity index is 0.920. The summed E-state index contributed by atoms with van der Waals surface area (Å²) in [7, 11) is 0. The Bertz CT molecular complexity index is 4910. The molecule has 0 atom stereocenters. The van der Waals surface area contributed by atoms with E-state index in [2.05, 4.69) is 252 Å². The van der Waals surface area contributed by atoms with Gasteiger partial charge in [0, 0.05) is 55.7 Å². The summed E-state index contributed by atoms with van der Waals surface area (Å²) in [5.41, 5.74) is 19.8. The van der Waals surface area contributed by atoms with Gasteiger partial charge in [0.2, 0.25) is 0 Å².